The Balaban J connectivity index is 1.74. The summed E-state index contributed by atoms with van der Waals surface area (Å²) < 4.78 is 51.3. The molecule has 24 heavy (non-hydrogen) atoms. The lowest BCUT2D eigenvalue weighted by atomic mass is 9.87. The SMILES string of the molecule is CS(=O)(=O)c1ccc(C(=O)N2CC(F)(c3ccccc3F)C2)cc1. The lowest BCUT2D eigenvalue weighted by Crippen LogP contribution is -2.59. The standard InChI is InChI=1S/C17H15F2NO3S/c1-24(22,23)13-8-6-12(7-9-13)16(21)20-10-17(19,11-20)14-4-2-3-5-15(14)18/h2-9H,10-11H2,1H3. The summed E-state index contributed by atoms with van der Waals surface area (Å²) >= 11 is 0. The molecule has 0 aromatic heterocycles. The van der Waals surface area contributed by atoms with Crippen molar-refractivity contribution in [3.05, 3.63) is 65.5 Å². The molecule has 0 atom stereocenters. The van der Waals surface area contributed by atoms with Gasteiger partial charge in [0.2, 0.25) is 0 Å². The molecular formula is C17H15F2NO3S. The van der Waals surface area contributed by atoms with E-state index in [1.54, 1.807) is 6.07 Å². The number of nitrogens with zero attached hydrogens (tertiary/aromatic N) is 1. The van der Waals surface area contributed by atoms with Crippen molar-refractivity contribution in [2.75, 3.05) is 19.3 Å². The van der Waals surface area contributed by atoms with Gasteiger partial charge in [0.15, 0.2) is 15.5 Å². The Bertz CT molecular complexity index is 888. The minimum absolute atomic E-state index is 0.0542. The van der Waals surface area contributed by atoms with E-state index < -0.39 is 27.2 Å². The van der Waals surface area contributed by atoms with Gasteiger partial charge >= 0.3 is 0 Å². The number of halogens is 2. The van der Waals surface area contributed by atoms with Gasteiger partial charge in [0.1, 0.15) is 5.82 Å². The number of hydrogen-bond acceptors (Lipinski definition) is 3. The smallest absolute Gasteiger partial charge is 0.254 e. The molecule has 1 heterocycles. The minimum Gasteiger partial charge on any atom is -0.331 e. The fourth-order valence-electron chi connectivity index (χ4n) is 2.72. The van der Waals surface area contributed by atoms with E-state index in [9.17, 15) is 22.0 Å². The van der Waals surface area contributed by atoms with Crippen molar-refractivity contribution in [2.24, 2.45) is 0 Å². The molecule has 1 amide bonds. The largest absolute Gasteiger partial charge is 0.331 e. The summed E-state index contributed by atoms with van der Waals surface area (Å²) in [7, 11) is -3.34. The van der Waals surface area contributed by atoms with Gasteiger partial charge in [-0.25, -0.2) is 17.2 Å². The maximum atomic E-state index is 14.7. The lowest BCUT2D eigenvalue weighted by Gasteiger charge is -2.44. The number of amides is 1. The number of benzene rings is 2. The molecule has 126 valence electrons. The molecule has 1 saturated heterocycles. The molecule has 0 saturated carbocycles. The number of alkyl halides is 1. The van der Waals surface area contributed by atoms with Gasteiger partial charge in [0, 0.05) is 17.4 Å². The van der Waals surface area contributed by atoms with Crippen molar-refractivity contribution in [3.63, 3.8) is 0 Å². The van der Waals surface area contributed by atoms with Crippen molar-refractivity contribution < 1.29 is 22.0 Å². The minimum atomic E-state index is -3.34. The Morgan fingerprint density at radius 2 is 1.67 bits per heavy atom. The summed E-state index contributed by atoms with van der Waals surface area (Å²) in [6.07, 6.45) is 1.07. The van der Waals surface area contributed by atoms with Crippen LogP contribution in [0.15, 0.2) is 53.4 Å². The first-order valence-electron chi connectivity index (χ1n) is 7.24. The first-order chi connectivity index (χ1) is 11.2. The molecule has 0 aliphatic carbocycles. The van der Waals surface area contributed by atoms with Crippen LogP contribution in [-0.2, 0) is 15.5 Å². The first kappa shape index (κ1) is 16.6. The number of carbonyl (C=O) groups is 1. The molecule has 0 N–H and O–H groups in total. The van der Waals surface area contributed by atoms with Crippen LogP contribution in [0.3, 0.4) is 0 Å². The van der Waals surface area contributed by atoms with Gasteiger partial charge in [0.05, 0.1) is 18.0 Å². The Labute approximate surface area is 138 Å². The van der Waals surface area contributed by atoms with Crippen molar-refractivity contribution >= 4 is 15.7 Å². The van der Waals surface area contributed by atoms with E-state index in [1.807, 2.05) is 0 Å². The van der Waals surface area contributed by atoms with Gasteiger partial charge in [-0.05, 0) is 30.3 Å². The molecule has 0 spiro atoms. The summed E-state index contributed by atoms with van der Waals surface area (Å²) in [5, 5.41) is 0. The maximum absolute atomic E-state index is 14.7. The highest BCUT2D eigenvalue weighted by molar-refractivity contribution is 7.90. The Morgan fingerprint density at radius 1 is 1.08 bits per heavy atom. The predicted octanol–water partition coefficient (Wildman–Crippen LogP) is 2.55. The molecule has 2 aromatic rings. The van der Waals surface area contributed by atoms with E-state index >= 15 is 0 Å². The fourth-order valence-corrected chi connectivity index (χ4v) is 3.36. The van der Waals surface area contributed by atoms with E-state index in [4.69, 9.17) is 0 Å². The van der Waals surface area contributed by atoms with Crippen molar-refractivity contribution in [3.8, 4) is 0 Å². The van der Waals surface area contributed by atoms with E-state index in [-0.39, 0.29) is 29.1 Å². The van der Waals surface area contributed by atoms with Crippen molar-refractivity contribution in [1.82, 2.24) is 4.90 Å². The first-order valence-corrected chi connectivity index (χ1v) is 9.13. The molecule has 2 aromatic carbocycles. The zero-order chi connectivity index (χ0) is 17.5. The van der Waals surface area contributed by atoms with Crippen LogP contribution in [0.2, 0.25) is 0 Å². The Kier molecular flexibility index (Phi) is 3.91. The van der Waals surface area contributed by atoms with Gasteiger partial charge in [-0.1, -0.05) is 18.2 Å². The average Bonchev–Trinajstić information content (AvgIpc) is 2.51. The van der Waals surface area contributed by atoms with Gasteiger partial charge in [-0.3, -0.25) is 4.79 Å². The molecule has 1 aliphatic heterocycles. The molecule has 7 heteroatoms. The second-order valence-corrected chi connectivity index (χ2v) is 7.92. The van der Waals surface area contributed by atoms with Gasteiger partial charge < -0.3 is 4.90 Å². The topological polar surface area (TPSA) is 54.5 Å². The van der Waals surface area contributed by atoms with Crippen molar-refractivity contribution in [1.29, 1.82) is 0 Å². The van der Waals surface area contributed by atoms with Gasteiger partial charge in [0.25, 0.3) is 5.91 Å². The van der Waals surface area contributed by atoms with E-state index in [1.165, 1.54) is 47.4 Å². The fraction of sp³-hybridized carbons (Fsp3) is 0.235. The Morgan fingerprint density at radius 3 is 2.21 bits per heavy atom. The van der Waals surface area contributed by atoms with Crippen LogP contribution in [0.25, 0.3) is 0 Å². The molecular weight excluding hydrogens is 336 g/mol. The zero-order valence-electron chi connectivity index (χ0n) is 12.9. The second kappa shape index (κ2) is 5.66. The number of carbonyl (C=O) groups excluding carboxylic acids is 1. The molecule has 1 fully saturated rings. The summed E-state index contributed by atoms with van der Waals surface area (Å²) in [5.41, 5.74) is -1.69. The van der Waals surface area contributed by atoms with Crippen LogP contribution in [0.1, 0.15) is 15.9 Å². The number of likely N-dealkylation sites (tertiary alicyclic amines) is 1. The molecule has 1 aliphatic rings. The summed E-state index contributed by atoms with van der Waals surface area (Å²) in [6, 6.07) is 11.0. The maximum Gasteiger partial charge on any atom is 0.254 e. The Hall–Kier alpha value is -2.28. The number of sulfone groups is 1. The van der Waals surface area contributed by atoms with E-state index in [0.717, 1.165) is 6.26 Å². The summed E-state index contributed by atoms with van der Waals surface area (Å²) in [5.74, 6) is -1.05. The van der Waals surface area contributed by atoms with Crippen molar-refractivity contribution in [2.45, 2.75) is 10.6 Å². The second-order valence-electron chi connectivity index (χ2n) is 5.90. The van der Waals surface area contributed by atoms with Gasteiger partial charge in [-0.2, -0.15) is 0 Å². The quantitative estimate of drug-likeness (QED) is 0.854. The van der Waals surface area contributed by atoms with E-state index in [0.29, 0.717) is 0 Å². The summed E-state index contributed by atoms with van der Waals surface area (Å²) in [6.45, 7) is -0.471. The highest BCUT2D eigenvalue weighted by atomic mass is 32.2. The molecule has 0 unspecified atom stereocenters. The zero-order valence-corrected chi connectivity index (χ0v) is 13.7. The third-order valence-corrected chi connectivity index (χ3v) is 5.18. The van der Waals surface area contributed by atoms with Crippen LogP contribution in [0, 0.1) is 5.82 Å². The molecule has 3 rings (SSSR count). The highest BCUT2D eigenvalue weighted by Gasteiger charge is 2.48. The van der Waals surface area contributed by atoms with Crippen LogP contribution >= 0.6 is 0 Å². The number of rotatable bonds is 3. The third-order valence-electron chi connectivity index (χ3n) is 4.06. The molecule has 4 nitrogen and oxygen atoms in total. The summed E-state index contributed by atoms with van der Waals surface area (Å²) in [4.78, 5) is 13.7. The van der Waals surface area contributed by atoms with Gasteiger partial charge in [-0.15, -0.1) is 0 Å². The average molecular weight is 351 g/mol. The monoisotopic (exact) mass is 351 g/mol. The third kappa shape index (κ3) is 2.91. The van der Waals surface area contributed by atoms with Crippen LogP contribution in [0.4, 0.5) is 8.78 Å². The molecule has 0 radical (unpaired) electrons. The molecule has 0 bridgehead atoms. The number of hydrogen-bond donors (Lipinski definition) is 0. The normalized spacial score (nSPS) is 16.5. The van der Waals surface area contributed by atoms with Crippen LogP contribution in [-0.4, -0.2) is 38.6 Å². The van der Waals surface area contributed by atoms with Crippen LogP contribution in [0.5, 0.6) is 0 Å². The predicted molar refractivity (Wildman–Crippen MR) is 84.6 cm³/mol. The van der Waals surface area contributed by atoms with E-state index in [2.05, 4.69) is 0 Å². The van der Waals surface area contributed by atoms with Crippen LogP contribution < -0.4 is 0 Å². The highest BCUT2D eigenvalue weighted by Crippen LogP contribution is 2.38. The lowest BCUT2D eigenvalue weighted by molar-refractivity contribution is -0.0251.